The van der Waals surface area contributed by atoms with Crippen LogP contribution in [0, 0.1) is 0 Å². The molecule has 6 heteroatoms. The number of rotatable bonds is 10. The van der Waals surface area contributed by atoms with Crippen molar-refractivity contribution in [2.45, 2.75) is 64.3 Å². The molecule has 0 atom stereocenters. The Balaban J connectivity index is 1.71. The van der Waals surface area contributed by atoms with Gasteiger partial charge in [0.1, 0.15) is 5.75 Å². The maximum atomic E-state index is 13.0. The van der Waals surface area contributed by atoms with Crippen molar-refractivity contribution < 1.29 is 23.9 Å². The van der Waals surface area contributed by atoms with E-state index in [-0.39, 0.29) is 17.9 Å². The molecule has 1 fully saturated rings. The molecule has 166 valence electrons. The molecule has 1 aliphatic rings. The van der Waals surface area contributed by atoms with E-state index in [1.165, 1.54) is 13.3 Å². The van der Waals surface area contributed by atoms with Crippen molar-refractivity contribution in [1.29, 1.82) is 0 Å². The summed E-state index contributed by atoms with van der Waals surface area (Å²) in [5.41, 5.74) is 0.995. The highest BCUT2D eigenvalue weighted by Crippen LogP contribution is 2.31. The van der Waals surface area contributed by atoms with Crippen molar-refractivity contribution in [1.82, 2.24) is 5.32 Å². The summed E-state index contributed by atoms with van der Waals surface area (Å²) in [7, 11) is 0. The molecule has 1 amide bonds. The Labute approximate surface area is 183 Å². The minimum atomic E-state index is -0.263. The van der Waals surface area contributed by atoms with Crippen LogP contribution in [-0.4, -0.2) is 37.4 Å². The standard InChI is InChI=1S/C25H31NO5/c1-18(28)30-15-6-3-7-16-31-23-14-13-22(24-19(17-27)9-8-12-21(23)24)25(29)26-20-10-4-2-5-11-20/h8-9,12-14,17,20H,2-7,10-11,15-16H2,1H3,(H,26,29). The number of amides is 1. The Kier molecular flexibility index (Phi) is 8.44. The Morgan fingerprint density at radius 2 is 1.81 bits per heavy atom. The summed E-state index contributed by atoms with van der Waals surface area (Å²) in [6, 6.07) is 9.18. The quantitative estimate of drug-likeness (QED) is 0.335. The van der Waals surface area contributed by atoms with Gasteiger partial charge in [-0.2, -0.15) is 0 Å². The Morgan fingerprint density at radius 3 is 2.55 bits per heavy atom. The van der Waals surface area contributed by atoms with Gasteiger partial charge in [-0.3, -0.25) is 14.4 Å². The fourth-order valence-electron chi connectivity index (χ4n) is 4.11. The molecule has 0 heterocycles. The van der Waals surface area contributed by atoms with Gasteiger partial charge in [-0.15, -0.1) is 0 Å². The molecule has 31 heavy (non-hydrogen) atoms. The predicted octanol–water partition coefficient (Wildman–Crippen LogP) is 4.83. The van der Waals surface area contributed by atoms with Crippen molar-refractivity contribution >= 4 is 28.9 Å². The van der Waals surface area contributed by atoms with E-state index in [9.17, 15) is 14.4 Å². The van der Waals surface area contributed by atoms with E-state index in [2.05, 4.69) is 5.32 Å². The molecule has 2 aromatic rings. The van der Waals surface area contributed by atoms with Gasteiger partial charge in [-0.1, -0.05) is 37.5 Å². The molecule has 0 aliphatic heterocycles. The smallest absolute Gasteiger partial charge is 0.302 e. The number of hydrogen-bond acceptors (Lipinski definition) is 5. The molecular weight excluding hydrogens is 394 g/mol. The van der Waals surface area contributed by atoms with Crippen LogP contribution in [0.3, 0.4) is 0 Å². The summed E-state index contributed by atoms with van der Waals surface area (Å²) >= 11 is 0. The van der Waals surface area contributed by atoms with Gasteiger partial charge in [0, 0.05) is 34.9 Å². The molecular formula is C25H31NO5. The summed E-state index contributed by atoms with van der Waals surface area (Å²) < 4.78 is 10.9. The Hall–Kier alpha value is -2.89. The second-order valence-corrected chi connectivity index (χ2v) is 8.06. The lowest BCUT2D eigenvalue weighted by Gasteiger charge is -2.23. The van der Waals surface area contributed by atoms with Gasteiger partial charge >= 0.3 is 5.97 Å². The molecule has 0 radical (unpaired) electrons. The van der Waals surface area contributed by atoms with E-state index >= 15 is 0 Å². The number of ether oxygens (including phenoxy) is 2. The summed E-state index contributed by atoms with van der Waals surface area (Å²) in [4.78, 5) is 35.5. The van der Waals surface area contributed by atoms with Crippen LogP contribution in [0.15, 0.2) is 30.3 Å². The Morgan fingerprint density at radius 1 is 1.03 bits per heavy atom. The largest absolute Gasteiger partial charge is 0.493 e. The number of carbonyl (C=O) groups is 3. The molecule has 1 saturated carbocycles. The van der Waals surface area contributed by atoms with E-state index in [1.807, 2.05) is 12.1 Å². The van der Waals surface area contributed by atoms with Crippen LogP contribution in [0.4, 0.5) is 0 Å². The fraction of sp³-hybridized carbons (Fsp3) is 0.480. The zero-order valence-electron chi connectivity index (χ0n) is 18.2. The van der Waals surface area contributed by atoms with Crippen LogP contribution in [0.2, 0.25) is 0 Å². The zero-order chi connectivity index (χ0) is 22.1. The summed E-state index contributed by atoms with van der Waals surface area (Å²) in [5.74, 6) is 0.262. The Bertz CT molecular complexity index is 918. The molecule has 3 rings (SSSR count). The van der Waals surface area contributed by atoms with E-state index in [1.54, 1.807) is 18.2 Å². The molecule has 0 saturated heterocycles. The third-order valence-corrected chi connectivity index (χ3v) is 5.70. The third-order valence-electron chi connectivity index (χ3n) is 5.70. The lowest BCUT2D eigenvalue weighted by molar-refractivity contribution is -0.141. The molecule has 1 aliphatic carbocycles. The molecule has 0 unspecified atom stereocenters. The van der Waals surface area contributed by atoms with Crippen LogP contribution >= 0.6 is 0 Å². The minimum Gasteiger partial charge on any atom is -0.493 e. The molecule has 0 aromatic heterocycles. The van der Waals surface area contributed by atoms with E-state index in [0.29, 0.717) is 35.5 Å². The van der Waals surface area contributed by atoms with Crippen molar-refractivity contribution in [2.75, 3.05) is 13.2 Å². The lowest BCUT2D eigenvalue weighted by atomic mass is 9.94. The van der Waals surface area contributed by atoms with Crippen molar-refractivity contribution in [3.63, 3.8) is 0 Å². The lowest BCUT2D eigenvalue weighted by Crippen LogP contribution is -2.36. The first-order valence-electron chi connectivity index (χ1n) is 11.2. The van der Waals surface area contributed by atoms with Gasteiger partial charge in [0.25, 0.3) is 5.91 Å². The highest BCUT2D eigenvalue weighted by molar-refractivity contribution is 6.13. The molecule has 6 nitrogen and oxygen atoms in total. The molecule has 0 spiro atoms. The van der Waals surface area contributed by atoms with Crippen LogP contribution < -0.4 is 10.1 Å². The first-order valence-corrected chi connectivity index (χ1v) is 11.2. The number of hydrogen-bond donors (Lipinski definition) is 1. The SMILES string of the molecule is CC(=O)OCCCCCOc1ccc(C(=O)NC2CCCCC2)c2c(C=O)cccc12. The average Bonchev–Trinajstić information content (AvgIpc) is 2.78. The van der Waals surface area contributed by atoms with Crippen LogP contribution in [0.5, 0.6) is 5.75 Å². The van der Waals surface area contributed by atoms with Gasteiger partial charge < -0.3 is 14.8 Å². The number of esters is 1. The van der Waals surface area contributed by atoms with Crippen LogP contribution in [0.25, 0.3) is 10.8 Å². The number of fused-ring (bicyclic) bond motifs is 1. The first kappa shape index (κ1) is 22.8. The summed E-state index contributed by atoms with van der Waals surface area (Å²) in [6.07, 6.45) is 8.79. The number of carbonyl (C=O) groups excluding carboxylic acids is 3. The van der Waals surface area contributed by atoms with Crippen molar-refractivity contribution in [3.8, 4) is 5.75 Å². The van der Waals surface area contributed by atoms with Gasteiger partial charge in [0.05, 0.1) is 13.2 Å². The average molecular weight is 426 g/mol. The second kappa shape index (κ2) is 11.5. The maximum absolute atomic E-state index is 13.0. The van der Waals surface area contributed by atoms with Crippen LogP contribution in [-0.2, 0) is 9.53 Å². The van der Waals surface area contributed by atoms with E-state index in [0.717, 1.165) is 56.6 Å². The van der Waals surface area contributed by atoms with Crippen molar-refractivity contribution in [2.24, 2.45) is 0 Å². The van der Waals surface area contributed by atoms with E-state index < -0.39 is 0 Å². The zero-order valence-corrected chi connectivity index (χ0v) is 18.2. The highest BCUT2D eigenvalue weighted by Gasteiger charge is 2.20. The minimum absolute atomic E-state index is 0.136. The van der Waals surface area contributed by atoms with Gasteiger partial charge in [-0.25, -0.2) is 0 Å². The number of aldehydes is 1. The number of unbranched alkanes of at least 4 members (excludes halogenated alkanes) is 2. The summed E-state index contributed by atoms with van der Waals surface area (Å²) in [6.45, 7) is 2.33. The normalized spacial score (nSPS) is 14.2. The number of nitrogens with one attached hydrogen (secondary N) is 1. The third kappa shape index (κ3) is 6.29. The molecule has 0 bridgehead atoms. The molecule has 1 N–H and O–H groups in total. The van der Waals surface area contributed by atoms with Gasteiger partial charge in [0.2, 0.25) is 0 Å². The fourth-order valence-corrected chi connectivity index (χ4v) is 4.11. The maximum Gasteiger partial charge on any atom is 0.302 e. The van der Waals surface area contributed by atoms with E-state index in [4.69, 9.17) is 9.47 Å². The van der Waals surface area contributed by atoms with Crippen molar-refractivity contribution in [3.05, 3.63) is 41.5 Å². The topological polar surface area (TPSA) is 81.7 Å². The summed E-state index contributed by atoms with van der Waals surface area (Å²) in [5, 5.41) is 4.55. The highest BCUT2D eigenvalue weighted by atomic mass is 16.5. The molecule has 2 aromatic carbocycles. The van der Waals surface area contributed by atoms with Crippen LogP contribution in [0.1, 0.15) is 79.0 Å². The second-order valence-electron chi connectivity index (χ2n) is 8.06. The first-order chi connectivity index (χ1) is 15.1. The predicted molar refractivity (Wildman–Crippen MR) is 120 cm³/mol. The monoisotopic (exact) mass is 425 g/mol. The number of benzene rings is 2. The van der Waals surface area contributed by atoms with Gasteiger partial charge in [-0.05, 0) is 44.2 Å². The van der Waals surface area contributed by atoms with Gasteiger partial charge in [0.15, 0.2) is 6.29 Å².